The second-order valence-electron chi connectivity index (χ2n) is 6.06. The van der Waals surface area contributed by atoms with Gasteiger partial charge in [0.2, 0.25) is 5.91 Å². The molecule has 6 nitrogen and oxygen atoms in total. The number of hydrogen-bond acceptors (Lipinski definition) is 4. The van der Waals surface area contributed by atoms with Gasteiger partial charge in [0.25, 0.3) is 0 Å². The van der Waals surface area contributed by atoms with Crippen LogP contribution in [0.4, 0.5) is 5.69 Å². The summed E-state index contributed by atoms with van der Waals surface area (Å²) >= 11 is 0. The van der Waals surface area contributed by atoms with Gasteiger partial charge in [-0.2, -0.15) is 0 Å². The number of ether oxygens (including phenoxy) is 1. The summed E-state index contributed by atoms with van der Waals surface area (Å²) in [4.78, 5) is 24.8. The predicted octanol–water partition coefficient (Wildman–Crippen LogP) is 3.52. The highest BCUT2D eigenvalue weighted by molar-refractivity contribution is 5.94. The zero-order chi connectivity index (χ0) is 18.9. The second kappa shape index (κ2) is 9.58. The van der Waals surface area contributed by atoms with Crippen LogP contribution in [0.2, 0.25) is 0 Å². The molecule has 0 fully saturated rings. The Balaban J connectivity index is 2.05. The second-order valence-corrected chi connectivity index (χ2v) is 6.06. The average Bonchev–Trinajstić information content (AvgIpc) is 2.58. The molecule has 0 radical (unpaired) electrons. The molecule has 26 heavy (non-hydrogen) atoms. The van der Waals surface area contributed by atoms with Gasteiger partial charge in [-0.1, -0.05) is 36.8 Å². The van der Waals surface area contributed by atoms with E-state index in [1.54, 1.807) is 23.1 Å². The lowest BCUT2D eigenvalue weighted by atomic mass is 10.2. The zero-order valence-electron chi connectivity index (χ0n) is 15.1. The molecule has 0 saturated carbocycles. The molecule has 0 unspecified atom stereocenters. The highest BCUT2D eigenvalue weighted by Gasteiger charge is 2.15. The molecule has 1 amide bonds. The van der Waals surface area contributed by atoms with Crippen LogP contribution >= 0.6 is 0 Å². The molecule has 6 heteroatoms. The lowest BCUT2D eigenvalue weighted by molar-refractivity contribution is -0.138. The van der Waals surface area contributed by atoms with E-state index in [4.69, 9.17) is 9.84 Å². The van der Waals surface area contributed by atoms with E-state index in [9.17, 15) is 9.59 Å². The number of carbonyl (C=O) groups is 2. The van der Waals surface area contributed by atoms with Crippen molar-refractivity contribution >= 4 is 17.6 Å². The molecule has 0 aromatic heterocycles. The molecule has 0 aliphatic rings. The number of aliphatic carboxylic acids is 1. The van der Waals surface area contributed by atoms with E-state index >= 15 is 0 Å². The molecule has 0 bridgehead atoms. The molecule has 0 heterocycles. The molecule has 0 aliphatic heterocycles. The van der Waals surface area contributed by atoms with Crippen LogP contribution in [0, 0.1) is 6.92 Å². The molecular weight excluding hydrogens is 332 g/mol. The fraction of sp³-hybridized carbons (Fsp3) is 0.300. The Morgan fingerprint density at radius 3 is 2.42 bits per heavy atom. The first kappa shape index (κ1) is 19.5. The number of aryl methyl sites for hydroxylation is 1. The third-order valence-electron chi connectivity index (χ3n) is 3.68. The Hall–Kier alpha value is -2.86. The Labute approximate surface area is 153 Å². The molecule has 0 spiro atoms. The number of amides is 1. The fourth-order valence-corrected chi connectivity index (χ4v) is 2.51. The van der Waals surface area contributed by atoms with Crippen molar-refractivity contribution in [2.45, 2.75) is 20.3 Å². The Bertz CT molecular complexity index is 744. The predicted molar refractivity (Wildman–Crippen MR) is 101 cm³/mol. The number of nitrogens with zero attached hydrogens (tertiary/aromatic N) is 1. The zero-order valence-corrected chi connectivity index (χ0v) is 15.1. The van der Waals surface area contributed by atoms with Gasteiger partial charge in [-0.3, -0.25) is 14.5 Å². The van der Waals surface area contributed by atoms with E-state index in [2.05, 4.69) is 5.32 Å². The third-order valence-corrected chi connectivity index (χ3v) is 3.68. The van der Waals surface area contributed by atoms with Crippen LogP contribution in [0.3, 0.4) is 0 Å². The van der Waals surface area contributed by atoms with Crippen molar-refractivity contribution in [2.75, 3.05) is 25.0 Å². The topological polar surface area (TPSA) is 78.9 Å². The number of hydrogen-bond donors (Lipinski definition) is 2. The van der Waals surface area contributed by atoms with Gasteiger partial charge in [-0.25, -0.2) is 0 Å². The van der Waals surface area contributed by atoms with Crippen LogP contribution in [-0.2, 0) is 9.59 Å². The number of benzene rings is 2. The van der Waals surface area contributed by atoms with E-state index in [0.29, 0.717) is 23.7 Å². The first-order valence-electron chi connectivity index (χ1n) is 8.55. The molecule has 138 valence electrons. The Morgan fingerprint density at radius 1 is 1.08 bits per heavy atom. The van der Waals surface area contributed by atoms with Crippen LogP contribution in [0.5, 0.6) is 11.5 Å². The summed E-state index contributed by atoms with van der Waals surface area (Å²) in [5.74, 6) is -0.0187. The van der Waals surface area contributed by atoms with Crippen LogP contribution in [0.1, 0.15) is 18.9 Å². The Kier molecular flexibility index (Phi) is 7.17. The summed E-state index contributed by atoms with van der Waals surface area (Å²) in [6, 6.07) is 14.8. The van der Waals surface area contributed by atoms with Gasteiger partial charge in [0, 0.05) is 0 Å². The van der Waals surface area contributed by atoms with E-state index in [1.165, 1.54) is 0 Å². The summed E-state index contributed by atoms with van der Waals surface area (Å²) in [7, 11) is 0. The number of para-hydroxylation sites is 2. The molecule has 2 N–H and O–H groups in total. The minimum atomic E-state index is -0.950. The third kappa shape index (κ3) is 6.22. The summed E-state index contributed by atoms with van der Waals surface area (Å²) < 4.78 is 5.86. The van der Waals surface area contributed by atoms with E-state index in [0.717, 1.165) is 12.0 Å². The normalized spacial score (nSPS) is 10.6. The van der Waals surface area contributed by atoms with Crippen LogP contribution in [0.25, 0.3) is 0 Å². The van der Waals surface area contributed by atoms with Crippen molar-refractivity contribution < 1.29 is 19.4 Å². The van der Waals surface area contributed by atoms with Gasteiger partial charge in [-0.05, 0) is 44.2 Å². The summed E-state index contributed by atoms with van der Waals surface area (Å²) in [5.41, 5.74) is 1.68. The maximum atomic E-state index is 12.3. The first-order chi connectivity index (χ1) is 12.5. The molecule has 0 saturated heterocycles. The van der Waals surface area contributed by atoms with E-state index in [-0.39, 0.29) is 19.0 Å². The van der Waals surface area contributed by atoms with Gasteiger partial charge in [0.1, 0.15) is 5.75 Å². The van der Waals surface area contributed by atoms with Crippen molar-refractivity contribution in [1.82, 2.24) is 4.90 Å². The van der Waals surface area contributed by atoms with Crippen LogP contribution in [0.15, 0.2) is 48.5 Å². The highest BCUT2D eigenvalue weighted by Crippen LogP contribution is 2.29. The van der Waals surface area contributed by atoms with Gasteiger partial charge < -0.3 is 15.2 Å². The number of carboxylic acid groups (broad SMARTS) is 1. The molecule has 2 rings (SSSR count). The maximum Gasteiger partial charge on any atom is 0.317 e. The smallest absolute Gasteiger partial charge is 0.317 e. The van der Waals surface area contributed by atoms with Crippen molar-refractivity contribution in [3.8, 4) is 11.5 Å². The van der Waals surface area contributed by atoms with Crippen LogP contribution in [-0.4, -0.2) is 41.5 Å². The van der Waals surface area contributed by atoms with Crippen molar-refractivity contribution in [1.29, 1.82) is 0 Å². The number of nitrogens with one attached hydrogen (secondary N) is 1. The Morgan fingerprint density at radius 2 is 1.77 bits per heavy atom. The maximum absolute atomic E-state index is 12.3. The quantitative estimate of drug-likeness (QED) is 0.719. The van der Waals surface area contributed by atoms with Crippen molar-refractivity contribution in [3.05, 3.63) is 54.1 Å². The van der Waals surface area contributed by atoms with Gasteiger partial charge in [0.05, 0.1) is 18.8 Å². The molecule has 2 aromatic carbocycles. The van der Waals surface area contributed by atoms with Crippen LogP contribution < -0.4 is 10.1 Å². The SMILES string of the molecule is CCCN(CC(=O)O)CC(=O)Nc1ccccc1Oc1ccc(C)cc1. The number of anilines is 1. The van der Waals surface area contributed by atoms with E-state index < -0.39 is 5.97 Å². The monoisotopic (exact) mass is 356 g/mol. The summed E-state index contributed by atoms with van der Waals surface area (Å²) in [6.07, 6.45) is 0.772. The number of carboxylic acids is 1. The van der Waals surface area contributed by atoms with Crippen molar-refractivity contribution in [3.63, 3.8) is 0 Å². The standard InChI is InChI=1S/C20H24N2O4/c1-3-12-22(14-20(24)25)13-19(23)21-17-6-4-5-7-18(17)26-16-10-8-15(2)9-11-16/h4-11H,3,12-14H2,1-2H3,(H,21,23)(H,24,25). The highest BCUT2D eigenvalue weighted by atomic mass is 16.5. The fourth-order valence-electron chi connectivity index (χ4n) is 2.51. The molecular formula is C20H24N2O4. The summed E-state index contributed by atoms with van der Waals surface area (Å²) in [5, 5.41) is 11.8. The largest absolute Gasteiger partial charge is 0.480 e. The van der Waals surface area contributed by atoms with Gasteiger partial charge in [0.15, 0.2) is 5.75 Å². The molecule has 0 atom stereocenters. The van der Waals surface area contributed by atoms with Crippen molar-refractivity contribution in [2.24, 2.45) is 0 Å². The van der Waals surface area contributed by atoms with E-state index in [1.807, 2.05) is 44.2 Å². The van der Waals surface area contributed by atoms with Gasteiger partial charge in [-0.15, -0.1) is 0 Å². The van der Waals surface area contributed by atoms with Gasteiger partial charge >= 0.3 is 5.97 Å². The number of rotatable bonds is 9. The molecule has 2 aromatic rings. The summed E-state index contributed by atoms with van der Waals surface area (Å²) in [6.45, 7) is 4.33. The number of carbonyl (C=O) groups excluding carboxylic acids is 1. The molecule has 0 aliphatic carbocycles. The lowest BCUT2D eigenvalue weighted by Gasteiger charge is -2.19. The minimum Gasteiger partial charge on any atom is -0.480 e. The first-order valence-corrected chi connectivity index (χ1v) is 8.55. The minimum absolute atomic E-state index is 0.0129. The average molecular weight is 356 g/mol. The lowest BCUT2D eigenvalue weighted by Crippen LogP contribution is -2.37.